The van der Waals surface area contributed by atoms with E-state index in [2.05, 4.69) is 36.0 Å². The topological polar surface area (TPSA) is 42.2 Å². The standard InChI is InChI=1S/C13H17N3S/c1-9-10(2)17-13(15-9)16(3)8-11-4-6-12(14)7-5-11/h4-7H,8,14H2,1-3H3. The molecule has 17 heavy (non-hydrogen) atoms. The molecule has 0 unspecified atom stereocenters. The van der Waals surface area contributed by atoms with Crippen LogP contribution in [0.15, 0.2) is 24.3 Å². The Morgan fingerprint density at radius 2 is 1.88 bits per heavy atom. The zero-order chi connectivity index (χ0) is 12.4. The molecule has 0 saturated heterocycles. The molecule has 0 aliphatic heterocycles. The van der Waals surface area contributed by atoms with E-state index in [1.807, 2.05) is 19.1 Å². The summed E-state index contributed by atoms with van der Waals surface area (Å²) in [5.41, 5.74) is 8.83. The predicted octanol–water partition coefficient (Wildman–Crippen LogP) is 2.98. The van der Waals surface area contributed by atoms with Gasteiger partial charge in [0.15, 0.2) is 5.13 Å². The van der Waals surface area contributed by atoms with Crippen LogP contribution in [0.2, 0.25) is 0 Å². The van der Waals surface area contributed by atoms with Crippen LogP contribution < -0.4 is 10.6 Å². The molecule has 1 aromatic carbocycles. The quantitative estimate of drug-likeness (QED) is 0.848. The lowest BCUT2D eigenvalue weighted by molar-refractivity contribution is 0.911. The van der Waals surface area contributed by atoms with E-state index >= 15 is 0 Å². The van der Waals surface area contributed by atoms with Crippen LogP contribution in [0.5, 0.6) is 0 Å². The largest absolute Gasteiger partial charge is 0.399 e. The van der Waals surface area contributed by atoms with Gasteiger partial charge in [0.1, 0.15) is 0 Å². The fourth-order valence-corrected chi connectivity index (χ4v) is 2.45. The Balaban J connectivity index is 2.11. The van der Waals surface area contributed by atoms with Crippen molar-refractivity contribution in [3.8, 4) is 0 Å². The van der Waals surface area contributed by atoms with E-state index in [1.165, 1.54) is 10.4 Å². The normalized spacial score (nSPS) is 10.5. The lowest BCUT2D eigenvalue weighted by Crippen LogP contribution is -2.16. The summed E-state index contributed by atoms with van der Waals surface area (Å²) in [5.74, 6) is 0. The van der Waals surface area contributed by atoms with Gasteiger partial charge in [-0.1, -0.05) is 12.1 Å². The van der Waals surface area contributed by atoms with Crippen LogP contribution in [-0.4, -0.2) is 12.0 Å². The van der Waals surface area contributed by atoms with E-state index in [-0.39, 0.29) is 0 Å². The van der Waals surface area contributed by atoms with Crippen LogP contribution in [0, 0.1) is 13.8 Å². The van der Waals surface area contributed by atoms with Crippen LogP contribution in [0.1, 0.15) is 16.1 Å². The molecule has 90 valence electrons. The molecule has 0 bridgehead atoms. The average Bonchev–Trinajstić information content (AvgIpc) is 2.63. The third-order valence-electron chi connectivity index (χ3n) is 2.74. The minimum atomic E-state index is 0.803. The third-order valence-corrected chi connectivity index (χ3v) is 3.93. The number of hydrogen-bond donors (Lipinski definition) is 1. The molecule has 3 nitrogen and oxygen atoms in total. The summed E-state index contributed by atoms with van der Waals surface area (Å²) in [4.78, 5) is 7.99. The van der Waals surface area contributed by atoms with Crippen LogP contribution >= 0.6 is 11.3 Å². The fourth-order valence-electron chi connectivity index (χ4n) is 1.58. The fraction of sp³-hybridized carbons (Fsp3) is 0.308. The number of aromatic nitrogens is 1. The van der Waals surface area contributed by atoms with Crippen molar-refractivity contribution in [3.05, 3.63) is 40.4 Å². The van der Waals surface area contributed by atoms with Crippen LogP contribution in [0.3, 0.4) is 0 Å². The van der Waals surface area contributed by atoms with Gasteiger partial charge in [-0.3, -0.25) is 0 Å². The average molecular weight is 247 g/mol. The first kappa shape index (κ1) is 11.9. The molecule has 0 radical (unpaired) electrons. The maximum Gasteiger partial charge on any atom is 0.185 e. The number of thiazole rings is 1. The van der Waals surface area contributed by atoms with E-state index in [9.17, 15) is 0 Å². The van der Waals surface area contributed by atoms with Gasteiger partial charge in [-0.15, -0.1) is 11.3 Å². The zero-order valence-corrected chi connectivity index (χ0v) is 11.2. The summed E-state index contributed by atoms with van der Waals surface area (Å²) in [5, 5.41) is 1.07. The van der Waals surface area contributed by atoms with Crippen LogP contribution in [0.4, 0.5) is 10.8 Å². The molecular formula is C13H17N3S. The number of aryl methyl sites for hydroxylation is 2. The van der Waals surface area contributed by atoms with Gasteiger partial charge in [0, 0.05) is 24.2 Å². The Morgan fingerprint density at radius 3 is 2.41 bits per heavy atom. The number of rotatable bonds is 3. The van der Waals surface area contributed by atoms with Gasteiger partial charge in [0.2, 0.25) is 0 Å². The van der Waals surface area contributed by atoms with E-state index < -0.39 is 0 Å². The van der Waals surface area contributed by atoms with Crippen molar-refractivity contribution >= 4 is 22.2 Å². The number of hydrogen-bond acceptors (Lipinski definition) is 4. The summed E-state index contributed by atoms with van der Waals surface area (Å²) >= 11 is 1.73. The number of nitrogens with zero attached hydrogens (tertiary/aromatic N) is 2. The van der Waals surface area contributed by atoms with Crippen molar-refractivity contribution in [2.45, 2.75) is 20.4 Å². The lowest BCUT2D eigenvalue weighted by atomic mass is 10.2. The monoisotopic (exact) mass is 247 g/mol. The van der Waals surface area contributed by atoms with Crippen molar-refractivity contribution in [1.82, 2.24) is 4.98 Å². The Hall–Kier alpha value is -1.55. The van der Waals surface area contributed by atoms with Crippen LogP contribution in [-0.2, 0) is 6.54 Å². The van der Waals surface area contributed by atoms with Crippen molar-refractivity contribution in [2.24, 2.45) is 0 Å². The molecule has 0 atom stereocenters. The van der Waals surface area contributed by atoms with Gasteiger partial charge < -0.3 is 10.6 Å². The van der Waals surface area contributed by atoms with Gasteiger partial charge in [0.05, 0.1) is 5.69 Å². The third kappa shape index (κ3) is 2.77. The molecule has 0 spiro atoms. The molecule has 0 aliphatic rings. The highest BCUT2D eigenvalue weighted by atomic mass is 32.1. The summed E-state index contributed by atoms with van der Waals surface area (Å²) in [7, 11) is 2.06. The molecule has 1 aromatic heterocycles. The second kappa shape index (κ2) is 4.75. The second-order valence-electron chi connectivity index (χ2n) is 4.24. The van der Waals surface area contributed by atoms with Crippen molar-refractivity contribution < 1.29 is 0 Å². The summed E-state index contributed by atoms with van der Waals surface area (Å²) in [6.45, 7) is 5.01. The van der Waals surface area contributed by atoms with Gasteiger partial charge in [-0.2, -0.15) is 0 Å². The van der Waals surface area contributed by atoms with E-state index in [1.54, 1.807) is 11.3 Å². The first-order valence-electron chi connectivity index (χ1n) is 5.56. The van der Waals surface area contributed by atoms with Gasteiger partial charge >= 0.3 is 0 Å². The van der Waals surface area contributed by atoms with Crippen molar-refractivity contribution in [2.75, 3.05) is 17.7 Å². The highest BCUT2D eigenvalue weighted by Gasteiger charge is 2.08. The highest BCUT2D eigenvalue weighted by molar-refractivity contribution is 7.15. The maximum absolute atomic E-state index is 5.67. The summed E-state index contributed by atoms with van der Waals surface area (Å²) < 4.78 is 0. The molecule has 2 N–H and O–H groups in total. The van der Waals surface area contributed by atoms with Crippen LogP contribution in [0.25, 0.3) is 0 Å². The second-order valence-corrected chi connectivity index (χ2v) is 5.42. The number of nitrogens with two attached hydrogens (primary N) is 1. The number of benzene rings is 1. The Bertz CT molecular complexity index is 482. The first-order chi connectivity index (χ1) is 8.06. The Labute approximate surface area is 106 Å². The van der Waals surface area contributed by atoms with Crippen molar-refractivity contribution in [1.29, 1.82) is 0 Å². The van der Waals surface area contributed by atoms with Gasteiger partial charge in [-0.05, 0) is 31.5 Å². The van der Waals surface area contributed by atoms with Gasteiger partial charge in [0.25, 0.3) is 0 Å². The van der Waals surface area contributed by atoms with Gasteiger partial charge in [-0.25, -0.2) is 4.98 Å². The Morgan fingerprint density at radius 1 is 1.24 bits per heavy atom. The molecular weight excluding hydrogens is 230 g/mol. The van der Waals surface area contributed by atoms with E-state index in [0.29, 0.717) is 0 Å². The molecule has 0 fully saturated rings. The molecule has 0 aliphatic carbocycles. The molecule has 4 heteroatoms. The molecule has 0 amide bonds. The molecule has 2 rings (SSSR count). The molecule has 0 saturated carbocycles. The lowest BCUT2D eigenvalue weighted by Gasteiger charge is -2.15. The molecule has 1 heterocycles. The smallest absolute Gasteiger partial charge is 0.185 e. The number of nitrogen functional groups attached to an aromatic ring is 1. The van der Waals surface area contributed by atoms with E-state index in [0.717, 1.165) is 23.1 Å². The first-order valence-corrected chi connectivity index (χ1v) is 6.37. The summed E-state index contributed by atoms with van der Waals surface area (Å²) in [6, 6.07) is 7.97. The minimum absolute atomic E-state index is 0.803. The SMILES string of the molecule is Cc1nc(N(C)Cc2ccc(N)cc2)sc1C. The Kier molecular flexibility index (Phi) is 3.33. The summed E-state index contributed by atoms with van der Waals surface area (Å²) in [6.07, 6.45) is 0. The van der Waals surface area contributed by atoms with E-state index in [4.69, 9.17) is 5.73 Å². The number of anilines is 2. The zero-order valence-electron chi connectivity index (χ0n) is 10.4. The maximum atomic E-state index is 5.67. The minimum Gasteiger partial charge on any atom is -0.399 e. The van der Waals surface area contributed by atoms with Crippen molar-refractivity contribution in [3.63, 3.8) is 0 Å². The molecule has 2 aromatic rings. The predicted molar refractivity (Wildman–Crippen MR) is 74.5 cm³/mol. The highest BCUT2D eigenvalue weighted by Crippen LogP contribution is 2.25.